The molecule has 4 aromatic rings. The molecular weight excluding hydrogens is 559 g/mol. The van der Waals surface area contributed by atoms with Crippen LogP contribution in [0.4, 0.5) is 15.8 Å². The van der Waals surface area contributed by atoms with Gasteiger partial charge in [-0.25, -0.2) is 4.39 Å². The Kier molecular flexibility index (Phi) is 8.16. The number of non-ortho nitro benzene ring substituents is 1. The highest BCUT2D eigenvalue weighted by Gasteiger charge is 2.41. The Hall–Kier alpha value is -4.84. The topological polar surface area (TPSA) is 115 Å². The monoisotopic (exact) mass is 588 g/mol. The van der Waals surface area contributed by atoms with E-state index in [-0.39, 0.29) is 35.9 Å². The number of benzene rings is 2. The van der Waals surface area contributed by atoms with Crippen molar-refractivity contribution in [1.29, 1.82) is 0 Å². The van der Waals surface area contributed by atoms with E-state index >= 15 is 0 Å². The first-order valence-corrected chi connectivity index (χ1v) is 13.6. The number of ether oxygens (including phenoxy) is 1. The average molecular weight is 589 g/mol. The zero-order valence-electron chi connectivity index (χ0n) is 23.2. The van der Waals surface area contributed by atoms with Crippen molar-refractivity contribution in [1.82, 2.24) is 19.8 Å². The van der Waals surface area contributed by atoms with Crippen molar-refractivity contribution < 1.29 is 18.8 Å². The van der Waals surface area contributed by atoms with Crippen LogP contribution in [-0.2, 0) is 4.79 Å². The number of halogens is 1. The van der Waals surface area contributed by atoms with Gasteiger partial charge in [0.2, 0.25) is 5.91 Å². The van der Waals surface area contributed by atoms with Gasteiger partial charge in [0.15, 0.2) is 5.11 Å². The molecule has 12 heteroatoms. The summed E-state index contributed by atoms with van der Waals surface area (Å²) < 4.78 is 20.8. The first-order valence-electron chi connectivity index (χ1n) is 13.2. The summed E-state index contributed by atoms with van der Waals surface area (Å²) >= 11 is 5.76. The van der Waals surface area contributed by atoms with Crippen molar-refractivity contribution >= 4 is 34.6 Å². The van der Waals surface area contributed by atoms with Crippen molar-refractivity contribution in [3.63, 3.8) is 0 Å². The smallest absolute Gasteiger partial charge is 0.271 e. The molecule has 2 unspecified atom stereocenters. The highest BCUT2D eigenvalue weighted by atomic mass is 32.1. The maximum atomic E-state index is 13.3. The molecule has 3 heterocycles. The lowest BCUT2D eigenvalue weighted by molar-refractivity contribution is -0.384. The number of pyridine rings is 1. The second-order valence-corrected chi connectivity index (χ2v) is 10.3. The average Bonchev–Trinajstić information content (AvgIpc) is 3.47. The molecule has 216 valence electrons. The molecule has 0 radical (unpaired) electrons. The van der Waals surface area contributed by atoms with Gasteiger partial charge in [-0.1, -0.05) is 6.07 Å². The maximum absolute atomic E-state index is 13.3. The van der Waals surface area contributed by atoms with E-state index in [9.17, 15) is 19.3 Å². The number of nitrogens with zero attached hydrogens (tertiary/aromatic N) is 4. The number of amides is 1. The number of thiocarbonyl (C=S) groups is 1. The first kappa shape index (κ1) is 28.7. The fourth-order valence-corrected chi connectivity index (χ4v) is 5.72. The summed E-state index contributed by atoms with van der Waals surface area (Å²) in [5.41, 5.74) is 4.37. The summed E-state index contributed by atoms with van der Waals surface area (Å²) in [7, 11) is 1.52. The van der Waals surface area contributed by atoms with Gasteiger partial charge in [0, 0.05) is 48.4 Å². The SMILES string of the molecule is COc1ccc([N+](=O)[O-])cc1-n1c(C)cc(C2C(c3ccccn3)NC(=S)N2CCC(=O)Nc2ccc(F)cc2)c1C. The molecule has 0 aliphatic carbocycles. The standard InChI is InChI=1S/C30H29FN6O4S/c1-18-16-23(19(2)36(18)25-17-22(37(39)40)11-12-26(25)41-3)29-28(24-6-4-5-14-32-24)34-30(42)35(29)15-13-27(38)33-21-9-7-20(31)8-10-21/h4-12,14,16-17,28-29H,13,15H2,1-3H3,(H,33,38)(H,34,42). The minimum Gasteiger partial charge on any atom is -0.495 e. The van der Waals surface area contributed by atoms with Crippen LogP contribution in [0.5, 0.6) is 5.75 Å². The van der Waals surface area contributed by atoms with Crippen molar-refractivity contribution in [3.05, 3.63) is 112 Å². The van der Waals surface area contributed by atoms with Gasteiger partial charge in [-0.3, -0.25) is 19.9 Å². The summed E-state index contributed by atoms with van der Waals surface area (Å²) in [6, 6.07) is 17.1. The van der Waals surface area contributed by atoms with Crippen LogP contribution in [0.1, 0.15) is 41.1 Å². The zero-order valence-corrected chi connectivity index (χ0v) is 24.0. The molecule has 2 N–H and O–H groups in total. The second kappa shape index (κ2) is 12.0. The molecular formula is C30H29FN6O4S. The molecule has 0 saturated carbocycles. The number of anilines is 1. The van der Waals surface area contributed by atoms with Gasteiger partial charge in [-0.2, -0.15) is 0 Å². The highest BCUT2D eigenvalue weighted by Crippen LogP contribution is 2.42. The zero-order chi connectivity index (χ0) is 30.0. The lowest BCUT2D eigenvalue weighted by Gasteiger charge is -2.28. The van der Waals surface area contributed by atoms with Crippen LogP contribution < -0.4 is 15.4 Å². The number of nitro groups is 1. The van der Waals surface area contributed by atoms with Gasteiger partial charge in [0.25, 0.3) is 5.69 Å². The van der Waals surface area contributed by atoms with Crippen molar-refractivity contribution in [3.8, 4) is 11.4 Å². The number of rotatable bonds is 9. The number of hydrogen-bond donors (Lipinski definition) is 2. The van der Waals surface area contributed by atoms with E-state index in [1.165, 1.54) is 43.5 Å². The molecule has 0 spiro atoms. The first-order chi connectivity index (χ1) is 20.2. The number of methoxy groups -OCH3 is 1. The van der Waals surface area contributed by atoms with E-state index in [0.29, 0.717) is 28.8 Å². The van der Waals surface area contributed by atoms with Gasteiger partial charge < -0.3 is 24.8 Å². The third kappa shape index (κ3) is 5.66. The maximum Gasteiger partial charge on any atom is 0.271 e. The third-order valence-corrected chi connectivity index (χ3v) is 7.66. The Morgan fingerprint density at radius 2 is 1.93 bits per heavy atom. The summed E-state index contributed by atoms with van der Waals surface area (Å²) in [5, 5.41) is 18.2. The Morgan fingerprint density at radius 1 is 1.17 bits per heavy atom. The van der Waals surface area contributed by atoms with Gasteiger partial charge in [-0.15, -0.1) is 0 Å². The molecule has 5 rings (SSSR count). The molecule has 2 atom stereocenters. The molecule has 1 amide bonds. The minimum atomic E-state index is -0.437. The fraction of sp³-hybridized carbons (Fsp3) is 0.233. The molecule has 1 fully saturated rings. The lowest BCUT2D eigenvalue weighted by Crippen LogP contribution is -2.32. The minimum absolute atomic E-state index is 0.0521. The van der Waals surface area contributed by atoms with E-state index < -0.39 is 4.92 Å². The number of aromatic nitrogens is 2. The molecule has 0 bridgehead atoms. The van der Waals surface area contributed by atoms with Gasteiger partial charge >= 0.3 is 0 Å². The Bertz CT molecular complexity index is 1640. The molecule has 42 heavy (non-hydrogen) atoms. The van der Waals surface area contributed by atoms with Crippen LogP contribution >= 0.6 is 12.2 Å². The number of hydrogen-bond acceptors (Lipinski definition) is 6. The van der Waals surface area contributed by atoms with E-state index in [1.807, 2.05) is 47.6 Å². The Balaban J connectivity index is 1.51. The number of nitrogens with one attached hydrogen (secondary N) is 2. The molecule has 2 aromatic carbocycles. The predicted molar refractivity (Wildman–Crippen MR) is 160 cm³/mol. The highest BCUT2D eigenvalue weighted by molar-refractivity contribution is 7.80. The van der Waals surface area contributed by atoms with Gasteiger partial charge in [-0.05, 0) is 80.2 Å². The van der Waals surface area contributed by atoms with Crippen LogP contribution in [-0.4, -0.2) is 44.0 Å². The summed E-state index contributed by atoms with van der Waals surface area (Å²) in [4.78, 5) is 30.5. The quantitative estimate of drug-likeness (QED) is 0.149. The number of nitro benzene ring substituents is 1. The molecule has 1 aliphatic heterocycles. The summed E-state index contributed by atoms with van der Waals surface area (Å²) in [5.74, 6) is -0.133. The summed E-state index contributed by atoms with van der Waals surface area (Å²) in [6.07, 6.45) is 1.84. The second-order valence-electron chi connectivity index (χ2n) is 9.90. The van der Waals surface area contributed by atoms with E-state index in [4.69, 9.17) is 17.0 Å². The van der Waals surface area contributed by atoms with Crippen LogP contribution in [0.15, 0.2) is 72.9 Å². The fourth-order valence-electron chi connectivity index (χ4n) is 5.39. The van der Waals surface area contributed by atoms with Crippen LogP contribution in [0.25, 0.3) is 5.69 Å². The van der Waals surface area contributed by atoms with Crippen LogP contribution in [0.3, 0.4) is 0 Å². The summed E-state index contributed by atoms with van der Waals surface area (Å²) in [6.45, 7) is 4.17. The molecule has 1 aliphatic rings. The third-order valence-electron chi connectivity index (χ3n) is 7.31. The Labute approximate surface area is 247 Å². The number of carbonyl (C=O) groups excluding carboxylic acids is 1. The van der Waals surface area contributed by atoms with Crippen molar-refractivity contribution in [2.24, 2.45) is 0 Å². The molecule has 10 nitrogen and oxygen atoms in total. The van der Waals surface area contributed by atoms with Gasteiger partial charge in [0.1, 0.15) is 11.6 Å². The van der Waals surface area contributed by atoms with Crippen molar-refractivity contribution in [2.45, 2.75) is 32.4 Å². The molecule has 1 saturated heterocycles. The van der Waals surface area contributed by atoms with E-state index in [0.717, 1.165) is 22.6 Å². The predicted octanol–water partition coefficient (Wildman–Crippen LogP) is 5.55. The van der Waals surface area contributed by atoms with Crippen LogP contribution in [0, 0.1) is 29.8 Å². The van der Waals surface area contributed by atoms with Crippen molar-refractivity contribution in [2.75, 3.05) is 19.0 Å². The van der Waals surface area contributed by atoms with Gasteiger partial charge in [0.05, 0.1) is 35.5 Å². The number of carbonyl (C=O) groups is 1. The Morgan fingerprint density at radius 3 is 2.60 bits per heavy atom. The number of aryl methyl sites for hydroxylation is 1. The largest absolute Gasteiger partial charge is 0.495 e. The van der Waals surface area contributed by atoms with E-state index in [2.05, 4.69) is 15.6 Å². The molecule has 2 aromatic heterocycles. The lowest BCUT2D eigenvalue weighted by atomic mass is 9.96. The van der Waals surface area contributed by atoms with E-state index in [1.54, 1.807) is 12.3 Å². The normalized spacial score (nSPS) is 16.3. The van der Waals surface area contributed by atoms with Crippen LogP contribution in [0.2, 0.25) is 0 Å².